The van der Waals surface area contributed by atoms with E-state index in [9.17, 15) is 13.2 Å². The number of thiazole rings is 1. The highest BCUT2D eigenvalue weighted by Crippen LogP contribution is 2.30. The van der Waals surface area contributed by atoms with Gasteiger partial charge in [0.1, 0.15) is 6.54 Å². The van der Waals surface area contributed by atoms with Crippen LogP contribution in [-0.2, 0) is 14.8 Å². The summed E-state index contributed by atoms with van der Waals surface area (Å²) in [6, 6.07) is 11.8. The highest BCUT2D eigenvalue weighted by molar-refractivity contribution is 8.00. The number of thioether (sulfide) groups is 1. The van der Waals surface area contributed by atoms with Crippen LogP contribution in [0.5, 0.6) is 0 Å². The number of hydrogen-bond acceptors (Lipinski definition) is 6. The number of nitrogens with one attached hydrogen (secondary N) is 1. The summed E-state index contributed by atoms with van der Waals surface area (Å²) in [6.45, 7) is -0.351. The molecule has 0 aliphatic rings. The molecule has 27 heavy (non-hydrogen) atoms. The number of halogens is 1. The van der Waals surface area contributed by atoms with E-state index in [-0.39, 0.29) is 6.54 Å². The van der Waals surface area contributed by atoms with Gasteiger partial charge in [0.25, 0.3) is 0 Å². The standard InChI is InChI=1S/C17H16ClN3O3S3/c1-25-17-20-14-7-6-12(9-15(14)26-17)19-16(22)10-21(27(2,23)24)13-5-3-4-11(18)8-13/h3-9H,10H2,1-2H3,(H,19,22). The lowest BCUT2D eigenvalue weighted by Gasteiger charge is -2.22. The van der Waals surface area contributed by atoms with Crippen molar-refractivity contribution in [3.63, 3.8) is 0 Å². The summed E-state index contributed by atoms with van der Waals surface area (Å²) in [5, 5.41) is 3.13. The highest BCUT2D eigenvalue weighted by atomic mass is 35.5. The minimum atomic E-state index is -3.65. The molecule has 0 unspecified atom stereocenters. The van der Waals surface area contributed by atoms with Crippen molar-refractivity contribution in [3.8, 4) is 0 Å². The maximum Gasteiger partial charge on any atom is 0.245 e. The molecule has 142 valence electrons. The molecule has 0 saturated carbocycles. The Hall–Kier alpha value is -1.81. The van der Waals surface area contributed by atoms with Gasteiger partial charge in [-0.1, -0.05) is 29.4 Å². The fourth-order valence-corrected chi connectivity index (χ4v) is 4.99. The Labute approximate surface area is 170 Å². The molecule has 1 amide bonds. The number of sulfonamides is 1. The van der Waals surface area contributed by atoms with E-state index < -0.39 is 15.9 Å². The molecule has 0 aliphatic carbocycles. The van der Waals surface area contributed by atoms with Crippen LogP contribution in [0.4, 0.5) is 11.4 Å². The van der Waals surface area contributed by atoms with Crippen LogP contribution < -0.4 is 9.62 Å². The van der Waals surface area contributed by atoms with Gasteiger partial charge in [-0.3, -0.25) is 9.10 Å². The van der Waals surface area contributed by atoms with Crippen LogP contribution in [0.3, 0.4) is 0 Å². The van der Waals surface area contributed by atoms with Gasteiger partial charge >= 0.3 is 0 Å². The molecule has 2 aromatic carbocycles. The van der Waals surface area contributed by atoms with E-state index >= 15 is 0 Å². The minimum Gasteiger partial charge on any atom is -0.324 e. The van der Waals surface area contributed by atoms with Gasteiger partial charge in [-0.05, 0) is 42.7 Å². The van der Waals surface area contributed by atoms with Crippen LogP contribution in [0.2, 0.25) is 5.02 Å². The monoisotopic (exact) mass is 441 g/mol. The van der Waals surface area contributed by atoms with E-state index in [0.29, 0.717) is 16.4 Å². The summed E-state index contributed by atoms with van der Waals surface area (Å²) in [7, 11) is -3.65. The third kappa shape index (κ3) is 4.92. The number of hydrogen-bond donors (Lipinski definition) is 1. The minimum absolute atomic E-state index is 0.336. The molecular formula is C17H16ClN3O3S3. The van der Waals surface area contributed by atoms with E-state index in [0.717, 1.165) is 25.1 Å². The SMILES string of the molecule is CSc1nc2ccc(NC(=O)CN(c3cccc(Cl)c3)S(C)(=O)=O)cc2s1. The highest BCUT2D eigenvalue weighted by Gasteiger charge is 2.21. The molecule has 0 saturated heterocycles. The summed E-state index contributed by atoms with van der Waals surface area (Å²) in [6.07, 6.45) is 3.00. The van der Waals surface area contributed by atoms with Crippen molar-refractivity contribution in [1.29, 1.82) is 0 Å². The first kappa shape index (κ1) is 19.9. The molecule has 0 radical (unpaired) electrons. The van der Waals surface area contributed by atoms with Crippen LogP contribution in [0.1, 0.15) is 0 Å². The molecule has 0 fully saturated rings. The van der Waals surface area contributed by atoms with E-state index in [1.165, 1.54) is 17.4 Å². The van der Waals surface area contributed by atoms with Crippen molar-refractivity contribution < 1.29 is 13.2 Å². The molecule has 1 aromatic heterocycles. The number of carbonyl (C=O) groups excluding carboxylic acids is 1. The number of fused-ring (bicyclic) bond motifs is 1. The maximum absolute atomic E-state index is 12.5. The lowest BCUT2D eigenvalue weighted by atomic mass is 10.3. The molecule has 10 heteroatoms. The quantitative estimate of drug-likeness (QED) is 0.583. The van der Waals surface area contributed by atoms with Crippen LogP contribution in [0.25, 0.3) is 10.2 Å². The number of aromatic nitrogens is 1. The molecular weight excluding hydrogens is 426 g/mol. The third-order valence-electron chi connectivity index (χ3n) is 3.61. The smallest absolute Gasteiger partial charge is 0.245 e. The number of anilines is 2. The van der Waals surface area contributed by atoms with Crippen molar-refractivity contribution >= 4 is 72.2 Å². The fraction of sp³-hybridized carbons (Fsp3) is 0.176. The van der Waals surface area contributed by atoms with Gasteiger partial charge in [0.15, 0.2) is 4.34 Å². The van der Waals surface area contributed by atoms with E-state index in [1.807, 2.05) is 18.4 Å². The zero-order valence-electron chi connectivity index (χ0n) is 14.5. The first-order valence-corrected chi connectivity index (χ1v) is 12.0. The Balaban J connectivity index is 1.80. The predicted octanol–water partition coefficient (Wildman–Crippen LogP) is 4.08. The van der Waals surface area contributed by atoms with E-state index in [2.05, 4.69) is 10.3 Å². The van der Waals surface area contributed by atoms with Crippen molar-refractivity contribution in [2.45, 2.75) is 4.34 Å². The van der Waals surface area contributed by atoms with Gasteiger partial charge in [0.05, 0.1) is 22.2 Å². The summed E-state index contributed by atoms with van der Waals surface area (Å²) >= 11 is 9.04. The van der Waals surface area contributed by atoms with Crippen molar-refractivity contribution in [2.24, 2.45) is 0 Å². The Morgan fingerprint density at radius 2 is 2.07 bits per heavy atom. The van der Waals surface area contributed by atoms with E-state index in [4.69, 9.17) is 11.6 Å². The largest absolute Gasteiger partial charge is 0.324 e. The summed E-state index contributed by atoms with van der Waals surface area (Å²) in [5.74, 6) is -0.450. The average molecular weight is 442 g/mol. The molecule has 0 atom stereocenters. The maximum atomic E-state index is 12.5. The topological polar surface area (TPSA) is 79.4 Å². The van der Waals surface area contributed by atoms with E-state index in [1.54, 1.807) is 36.0 Å². The second-order valence-corrected chi connectivity index (χ2v) is 10.1. The number of carbonyl (C=O) groups is 1. The van der Waals surface area contributed by atoms with Gasteiger partial charge < -0.3 is 5.32 Å². The Morgan fingerprint density at radius 3 is 2.74 bits per heavy atom. The lowest BCUT2D eigenvalue weighted by molar-refractivity contribution is -0.114. The molecule has 6 nitrogen and oxygen atoms in total. The summed E-state index contributed by atoms with van der Waals surface area (Å²) in [4.78, 5) is 16.9. The van der Waals surface area contributed by atoms with Crippen LogP contribution in [0.15, 0.2) is 46.8 Å². The lowest BCUT2D eigenvalue weighted by Crippen LogP contribution is -2.37. The van der Waals surface area contributed by atoms with Gasteiger partial charge in [0.2, 0.25) is 15.9 Å². The second kappa shape index (κ2) is 8.05. The predicted molar refractivity (Wildman–Crippen MR) is 114 cm³/mol. The number of nitrogens with zero attached hydrogens (tertiary/aromatic N) is 2. The Morgan fingerprint density at radius 1 is 1.30 bits per heavy atom. The van der Waals surface area contributed by atoms with Gasteiger partial charge in [-0.15, -0.1) is 11.3 Å². The zero-order valence-corrected chi connectivity index (χ0v) is 17.7. The molecule has 1 heterocycles. The molecule has 1 N–H and O–H groups in total. The average Bonchev–Trinajstić information content (AvgIpc) is 3.01. The number of amides is 1. The van der Waals surface area contributed by atoms with Crippen molar-refractivity contribution in [2.75, 3.05) is 28.7 Å². The molecule has 0 bridgehead atoms. The normalized spacial score (nSPS) is 11.5. The molecule has 3 rings (SSSR count). The van der Waals surface area contributed by atoms with Gasteiger partial charge in [-0.2, -0.15) is 0 Å². The van der Waals surface area contributed by atoms with Crippen LogP contribution >= 0.6 is 34.7 Å². The van der Waals surface area contributed by atoms with Crippen LogP contribution in [-0.4, -0.2) is 38.4 Å². The summed E-state index contributed by atoms with van der Waals surface area (Å²) in [5.41, 5.74) is 1.78. The summed E-state index contributed by atoms with van der Waals surface area (Å²) < 4.78 is 27.2. The molecule has 0 aliphatic heterocycles. The number of rotatable bonds is 6. The Kier molecular flexibility index (Phi) is 5.95. The number of benzene rings is 2. The van der Waals surface area contributed by atoms with Crippen LogP contribution in [0, 0.1) is 0 Å². The molecule has 0 spiro atoms. The van der Waals surface area contributed by atoms with Gasteiger partial charge in [-0.25, -0.2) is 13.4 Å². The second-order valence-electron chi connectivity index (χ2n) is 5.66. The first-order valence-electron chi connectivity index (χ1n) is 7.74. The first-order chi connectivity index (χ1) is 12.8. The van der Waals surface area contributed by atoms with Crippen molar-refractivity contribution in [3.05, 3.63) is 47.5 Å². The van der Waals surface area contributed by atoms with Gasteiger partial charge in [0, 0.05) is 10.7 Å². The zero-order chi connectivity index (χ0) is 19.6. The van der Waals surface area contributed by atoms with Crippen molar-refractivity contribution in [1.82, 2.24) is 4.98 Å². The fourth-order valence-electron chi connectivity index (χ4n) is 2.43. The Bertz CT molecular complexity index is 1100. The third-order valence-corrected chi connectivity index (χ3v) is 6.99. The molecule has 3 aromatic rings.